The maximum Gasteiger partial charge on any atom is -0.0226 e. The minimum atomic E-state index is 0.716. The molecule has 1 unspecified atom stereocenters. The van der Waals surface area contributed by atoms with Crippen LogP contribution in [0.1, 0.15) is 40.5 Å². The summed E-state index contributed by atoms with van der Waals surface area (Å²) in [5.74, 6) is 1.51. The molecule has 0 saturated carbocycles. The molecule has 0 N–H and O–H groups in total. The van der Waals surface area contributed by atoms with Gasteiger partial charge in [0.15, 0.2) is 0 Å². The van der Waals surface area contributed by atoms with Crippen molar-refractivity contribution in [3.8, 4) is 0 Å². The van der Waals surface area contributed by atoms with Gasteiger partial charge in [0.25, 0.3) is 0 Å². The predicted octanol–water partition coefficient (Wildman–Crippen LogP) is 4.19. The van der Waals surface area contributed by atoms with Gasteiger partial charge in [0.1, 0.15) is 0 Å². The van der Waals surface area contributed by atoms with Crippen molar-refractivity contribution in [2.45, 2.75) is 40.5 Å². The van der Waals surface area contributed by atoms with Gasteiger partial charge in [-0.25, -0.2) is 0 Å². The van der Waals surface area contributed by atoms with Gasteiger partial charge in [-0.1, -0.05) is 52.0 Å². The molecule has 12 heavy (non-hydrogen) atoms. The third kappa shape index (κ3) is 4.38. The van der Waals surface area contributed by atoms with E-state index in [-0.39, 0.29) is 0 Å². The van der Waals surface area contributed by atoms with Crippen molar-refractivity contribution in [3.05, 3.63) is 24.3 Å². The molecule has 1 atom stereocenters. The van der Waals surface area contributed by atoms with Crippen LogP contribution in [0.2, 0.25) is 0 Å². The summed E-state index contributed by atoms with van der Waals surface area (Å²) in [7, 11) is 0. The third-order valence-electron chi connectivity index (χ3n) is 2.20. The summed E-state index contributed by atoms with van der Waals surface area (Å²) in [6.07, 6.45) is 6.50. The Balaban J connectivity index is 4.11. The average molecular weight is 166 g/mol. The van der Waals surface area contributed by atoms with Gasteiger partial charge in [-0.2, -0.15) is 0 Å². The van der Waals surface area contributed by atoms with Crippen LogP contribution in [-0.4, -0.2) is 0 Å². The molecule has 0 aliphatic carbocycles. The molecule has 0 heterocycles. The Morgan fingerprint density at radius 2 is 1.92 bits per heavy atom. The largest absolute Gasteiger partial charge is 0.0991 e. The van der Waals surface area contributed by atoms with Crippen LogP contribution in [-0.2, 0) is 0 Å². The summed E-state index contributed by atoms with van der Waals surface area (Å²) in [6, 6.07) is 0. The summed E-state index contributed by atoms with van der Waals surface area (Å²) in [4.78, 5) is 0. The van der Waals surface area contributed by atoms with Crippen molar-refractivity contribution in [2.75, 3.05) is 0 Å². The van der Waals surface area contributed by atoms with Crippen LogP contribution in [0.15, 0.2) is 24.3 Å². The molecule has 0 aromatic rings. The molecule has 0 saturated heterocycles. The van der Waals surface area contributed by atoms with E-state index in [0.29, 0.717) is 5.92 Å². The van der Waals surface area contributed by atoms with E-state index < -0.39 is 0 Å². The van der Waals surface area contributed by atoms with Crippen LogP contribution < -0.4 is 0 Å². The van der Waals surface area contributed by atoms with Crippen LogP contribution in [0, 0.1) is 11.8 Å². The van der Waals surface area contributed by atoms with Crippen molar-refractivity contribution >= 4 is 0 Å². The van der Waals surface area contributed by atoms with Crippen molar-refractivity contribution < 1.29 is 0 Å². The second-order valence-electron chi connectivity index (χ2n) is 3.86. The fourth-order valence-corrected chi connectivity index (χ4v) is 1.64. The Morgan fingerprint density at radius 3 is 2.25 bits per heavy atom. The third-order valence-corrected chi connectivity index (χ3v) is 2.20. The first-order chi connectivity index (χ1) is 5.61. The van der Waals surface area contributed by atoms with Crippen LogP contribution in [0.4, 0.5) is 0 Å². The van der Waals surface area contributed by atoms with E-state index in [1.807, 2.05) is 6.08 Å². The van der Waals surface area contributed by atoms with Gasteiger partial charge in [0.05, 0.1) is 0 Å². The fourth-order valence-electron chi connectivity index (χ4n) is 1.64. The average Bonchev–Trinajstić information content (AvgIpc) is 1.98. The highest BCUT2D eigenvalue weighted by Gasteiger charge is 2.07. The highest BCUT2D eigenvalue weighted by molar-refractivity contribution is 5.12. The van der Waals surface area contributed by atoms with Crippen molar-refractivity contribution in [1.29, 1.82) is 0 Å². The van der Waals surface area contributed by atoms with Crippen molar-refractivity contribution in [1.82, 2.24) is 0 Å². The maximum absolute atomic E-state index is 3.73. The summed E-state index contributed by atoms with van der Waals surface area (Å²) in [5.41, 5.74) is 1.53. The Kier molecular flexibility index (Phi) is 5.79. The van der Waals surface area contributed by atoms with E-state index in [1.165, 1.54) is 12.0 Å². The van der Waals surface area contributed by atoms with Crippen LogP contribution in [0.5, 0.6) is 0 Å². The smallest absolute Gasteiger partial charge is 0.0226 e. The molecule has 0 nitrogen and oxygen atoms in total. The highest BCUT2D eigenvalue weighted by atomic mass is 14.1. The lowest BCUT2D eigenvalue weighted by Crippen LogP contribution is -2.02. The van der Waals surface area contributed by atoms with Crippen LogP contribution in [0.3, 0.4) is 0 Å². The molecule has 0 aromatic carbocycles. The molecular weight excluding hydrogens is 144 g/mol. The monoisotopic (exact) mass is 166 g/mol. The zero-order valence-electron chi connectivity index (χ0n) is 8.93. The molecular formula is C12H22. The number of allylic oxidation sites excluding steroid dienone is 3. The summed E-state index contributed by atoms with van der Waals surface area (Å²) >= 11 is 0. The lowest BCUT2D eigenvalue weighted by atomic mass is 9.90. The van der Waals surface area contributed by atoms with Crippen molar-refractivity contribution in [2.24, 2.45) is 11.8 Å². The predicted molar refractivity (Wildman–Crippen MR) is 57.2 cm³/mol. The Bertz CT molecular complexity index is 151. The minimum Gasteiger partial charge on any atom is -0.0991 e. The molecule has 0 bridgehead atoms. The second-order valence-corrected chi connectivity index (χ2v) is 3.86. The standard InChI is InChI=1S/C12H22/c1-6-8-12(7-2)11(5)9-10(3)4/h6,8,10-11H,1,7,9H2,2-5H3. The molecule has 0 aliphatic heterocycles. The van der Waals surface area contributed by atoms with Crippen molar-refractivity contribution in [3.63, 3.8) is 0 Å². The first-order valence-electron chi connectivity index (χ1n) is 4.93. The molecule has 0 radical (unpaired) electrons. The van der Waals surface area contributed by atoms with Gasteiger partial charge >= 0.3 is 0 Å². The summed E-state index contributed by atoms with van der Waals surface area (Å²) in [5, 5.41) is 0. The molecule has 0 rings (SSSR count). The lowest BCUT2D eigenvalue weighted by molar-refractivity contribution is 0.478. The minimum absolute atomic E-state index is 0.716. The summed E-state index contributed by atoms with van der Waals surface area (Å²) < 4.78 is 0. The van der Waals surface area contributed by atoms with E-state index in [9.17, 15) is 0 Å². The van der Waals surface area contributed by atoms with E-state index >= 15 is 0 Å². The van der Waals surface area contributed by atoms with E-state index in [1.54, 1.807) is 0 Å². The maximum atomic E-state index is 3.73. The van der Waals surface area contributed by atoms with Gasteiger partial charge in [-0.15, -0.1) is 0 Å². The van der Waals surface area contributed by atoms with E-state index in [4.69, 9.17) is 0 Å². The van der Waals surface area contributed by atoms with Gasteiger partial charge in [-0.3, -0.25) is 0 Å². The second kappa shape index (κ2) is 6.05. The van der Waals surface area contributed by atoms with Gasteiger partial charge in [0, 0.05) is 0 Å². The highest BCUT2D eigenvalue weighted by Crippen LogP contribution is 2.21. The summed E-state index contributed by atoms with van der Waals surface area (Å²) in [6.45, 7) is 12.8. The Labute approximate surface area is 77.4 Å². The Morgan fingerprint density at radius 1 is 1.33 bits per heavy atom. The SMILES string of the molecule is C=CC=C(CC)C(C)CC(C)C. The first kappa shape index (κ1) is 11.5. The van der Waals surface area contributed by atoms with E-state index in [0.717, 1.165) is 12.3 Å². The molecule has 70 valence electrons. The molecule has 0 amide bonds. The zero-order valence-corrected chi connectivity index (χ0v) is 8.93. The van der Waals surface area contributed by atoms with Gasteiger partial charge in [0.2, 0.25) is 0 Å². The number of rotatable bonds is 5. The Hall–Kier alpha value is -0.520. The van der Waals surface area contributed by atoms with Crippen LogP contribution in [0.25, 0.3) is 0 Å². The fraction of sp³-hybridized carbons (Fsp3) is 0.667. The molecule has 0 aliphatic rings. The molecule has 0 fully saturated rings. The molecule has 0 aromatic heterocycles. The quantitative estimate of drug-likeness (QED) is 0.537. The van der Waals surface area contributed by atoms with Gasteiger partial charge in [-0.05, 0) is 24.7 Å². The topological polar surface area (TPSA) is 0 Å². The lowest BCUT2D eigenvalue weighted by Gasteiger charge is -2.16. The molecule has 0 heteroatoms. The number of hydrogen-bond donors (Lipinski definition) is 0. The van der Waals surface area contributed by atoms with Crippen LogP contribution >= 0.6 is 0 Å². The normalized spacial score (nSPS) is 14.9. The molecule has 0 spiro atoms. The van der Waals surface area contributed by atoms with Gasteiger partial charge < -0.3 is 0 Å². The van der Waals surface area contributed by atoms with E-state index in [2.05, 4.69) is 40.3 Å². The first-order valence-corrected chi connectivity index (χ1v) is 4.93. The zero-order chi connectivity index (χ0) is 9.56. The number of hydrogen-bond acceptors (Lipinski definition) is 0.